The highest BCUT2D eigenvalue weighted by atomic mass is 16.5. The molecule has 6 heteroatoms. The number of methoxy groups -OCH3 is 2. The van der Waals surface area contributed by atoms with Crippen LogP contribution in [0.4, 0.5) is 0 Å². The van der Waals surface area contributed by atoms with Crippen molar-refractivity contribution in [2.45, 2.75) is 13.0 Å². The quantitative estimate of drug-likeness (QED) is 0.811. The third-order valence-electron chi connectivity index (χ3n) is 5.20. The van der Waals surface area contributed by atoms with Crippen LogP contribution in [0.15, 0.2) is 42.5 Å². The van der Waals surface area contributed by atoms with Crippen molar-refractivity contribution < 1.29 is 19.1 Å². The summed E-state index contributed by atoms with van der Waals surface area (Å²) in [4.78, 5) is 27.4. The Morgan fingerprint density at radius 2 is 1.79 bits per heavy atom. The van der Waals surface area contributed by atoms with Crippen LogP contribution >= 0.6 is 0 Å². The number of ether oxygens (including phenoxy) is 2. The number of hydrogen-bond acceptors (Lipinski definition) is 5. The standard InChI is InChI=1S/C22H22N2O4/c1-27-18-7-6-14(12-19(18)28-2)13-24-21(25)17-5-3-4-16(20(17)22(24)26)15-8-10-23-11-9-15/h3-8,12,23H,9-11,13H2,1-2H3. The summed E-state index contributed by atoms with van der Waals surface area (Å²) < 4.78 is 10.6. The monoisotopic (exact) mass is 378 g/mol. The van der Waals surface area contributed by atoms with Crippen LogP contribution in [-0.4, -0.2) is 44.0 Å². The first-order valence-electron chi connectivity index (χ1n) is 9.24. The minimum atomic E-state index is -0.258. The van der Waals surface area contributed by atoms with Crippen LogP contribution in [0.5, 0.6) is 11.5 Å². The molecule has 2 aliphatic heterocycles. The van der Waals surface area contributed by atoms with Gasteiger partial charge in [-0.05, 0) is 47.9 Å². The van der Waals surface area contributed by atoms with Gasteiger partial charge in [0.25, 0.3) is 11.8 Å². The summed E-state index contributed by atoms with van der Waals surface area (Å²) in [6.45, 7) is 1.83. The number of fused-ring (bicyclic) bond motifs is 1. The van der Waals surface area contributed by atoms with Gasteiger partial charge in [-0.25, -0.2) is 0 Å². The van der Waals surface area contributed by atoms with Crippen molar-refractivity contribution in [2.75, 3.05) is 27.3 Å². The first-order valence-corrected chi connectivity index (χ1v) is 9.24. The summed E-state index contributed by atoms with van der Waals surface area (Å²) in [7, 11) is 3.13. The summed E-state index contributed by atoms with van der Waals surface area (Å²) in [5.41, 5.74) is 3.77. The van der Waals surface area contributed by atoms with Crippen LogP contribution in [0.1, 0.15) is 38.3 Å². The summed E-state index contributed by atoms with van der Waals surface area (Å²) in [5.74, 6) is 0.668. The maximum atomic E-state index is 13.2. The maximum absolute atomic E-state index is 13.2. The molecule has 0 atom stereocenters. The highest BCUT2D eigenvalue weighted by Crippen LogP contribution is 2.34. The van der Waals surface area contributed by atoms with Crippen LogP contribution in [0, 0.1) is 0 Å². The van der Waals surface area contributed by atoms with E-state index in [0.29, 0.717) is 22.6 Å². The largest absolute Gasteiger partial charge is 0.493 e. The van der Waals surface area contributed by atoms with E-state index in [-0.39, 0.29) is 18.4 Å². The number of carbonyl (C=O) groups excluding carboxylic acids is 2. The first-order chi connectivity index (χ1) is 13.6. The molecule has 2 amide bonds. The first kappa shape index (κ1) is 18.3. The zero-order valence-corrected chi connectivity index (χ0v) is 16.0. The van der Waals surface area contributed by atoms with E-state index in [2.05, 4.69) is 11.4 Å². The Labute approximate surface area is 163 Å². The summed E-state index contributed by atoms with van der Waals surface area (Å²) in [6.07, 6.45) is 2.93. The lowest BCUT2D eigenvalue weighted by Crippen LogP contribution is -2.29. The Hall–Kier alpha value is -3.12. The van der Waals surface area contributed by atoms with E-state index in [4.69, 9.17) is 9.47 Å². The van der Waals surface area contributed by atoms with Crippen LogP contribution < -0.4 is 14.8 Å². The van der Waals surface area contributed by atoms with Gasteiger partial charge in [0.2, 0.25) is 0 Å². The molecule has 0 fully saturated rings. The minimum Gasteiger partial charge on any atom is -0.493 e. The van der Waals surface area contributed by atoms with Gasteiger partial charge in [-0.2, -0.15) is 0 Å². The predicted molar refractivity (Wildman–Crippen MR) is 106 cm³/mol. The summed E-state index contributed by atoms with van der Waals surface area (Å²) in [5, 5.41) is 3.27. The molecule has 2 heterocycles. The zero-order valence-electron chi connectivity index (χ0n) is 16.0. The molecule has 0 bridgehead atoms. The van der Waals surface area contributed by atoms with E-state index in [0.717, 1.165) is 36.2 Å². The second-order valence-electron chi connectivity index (χ2n) is 6.80. The molecule has 0 saturated carbocycles. The van der Waals surface area contributed by atoms with E-state index < -0.39 is 0 Å². The van der Waals surface area contributed by atoms with Gasteiger partial charge in [-0.3, -0.25) is 14.5 Å². The molecule has 0 spiro atoms. The average Bonchev–Trinajstić information content (AvgIpc) is 2.99. The van der Waals surface area contributed by atoms with E-state index in [1.165, 1.54) is 4.90 Å². The molecule has 28 heavy (non-hydrogen) atoms. The number of nitrogens with zero attached hydrogens (tertiary/aromatic N) is 1. The Balaban J connectivity index is 1.67. The van der Waals surface area contributed by atoms with Crippen molar-refractivity contribution in [3.05, 3.63) is 64.7 Å². The molecule has 0 unspecified atom stereocenters. The van der Waals surface area contributed by atoms with Gasteiger partial charge in [-0.15, -0.1) is 0 Å². The van der Waals surface area contributed by atoms with Crippen molar-refractivity contribution in [3.63, 3.8) is 0 Å². The third-order valence-corrected chi connectivity index (χ3v) is 5.20. The second-order valence-corrected chi connectivity index (χ2v) is 6.80. The fourth-order valence-electron chi connectivity index (χ4n) is 3.77. The van der Waals surface area contributed by atoms with Crippen molar-refractivity contribution in [3.8, 4) is 11.5 Å². The molecule has 2 aliphatic rings. The predicted octanol–water partition coefficient (Wildman–Crippen LogP) is 2.88. The van der Waals surface area contributed by atoms with Crippen LogP contribution in [-0.2, 0) is 6.54 Å². The molecule has 0 radical (unpaired) electrons. The molecule has 0 aromatic heterocycles. The maximum Gasteiger partial charge on any atom is 0.262 e. The molecule has 0 saturated heterocycles. The van der Waals surface area contributed by atoms with Crippen LogP contribution in [0.3, 0.4) is 0 Å². The number of hydrogen-bond donors (Lipinski definition) is 1. The lowest BCUT2D eigenvalue weighted by atomic mass is 9.93. The fraction of sp³-hybridized carbons (Fsp3) is 0.273. The number of rotatable bonds is 5. The number of nitrogens with one attached hydrogen (secondary N) is 1. The van der Waals surface area contributed by atoms with Crippen molar-refractivity contribution in [1.82, 2.24) is 10.2 Å². The SMILES string of the molecule is COc1ccc(CN2C(=O)c3cccc(C4=CCNCC4)c3C2=O)cc1OC. The molecule has 144 valence electrons. The topological polar surface area (TPSA) is 67.9 Å². The fourth-order valence-corrected chi connectivity index (χ4v) is 3.77. The van der Waals surface area contributed by atoms with Gasteiger partial charge in [0.15, 0.2) is 11.5 Å². The Morgan fingerprint density at radius 3 is 2.50 bits per heavy atom. The minimum absolute atomic E-state index is 0.187. The molecule has 6 nitrogen and oxygen atoms in total. The number of benzene rings is 2. The van der Waals surface area contributed by atoms with Crippen molar-refractivity contribution in [2.24, 2.45) is 0 Å². The Kier molecular flexibility index (Phi) is 4.88. The third kappa shape index (κ3) is 3.05. The van der Waals surface area contributed by atoms with Gasteiger partial charge >= 0.3 is 0 Å². The van der Waals surface area contributed by atoms with Gasteiger partial charge < -0.3 is 14.8 Å². The van der Waals surface area contributed by atoms with Crippen LogP contribution in [0.2, 0.25) is 0 Å². The van der Waals surface area contributed by atoms with Crippen molar-refractivity contribution in [1.29, 1.82) is 0 Å². The van der Waals surface area contributed by atoms with Gasteiger partial charge in [0, 0.05) is 6.54 Å². The lowest BCUT2D eigenvalue weighted by Gasteiger charge is -2.17. The molecule has 0 aliphatic carbocycles. The lowest BCUT2D eigenvalue weighted by molar-refractivity contribution is 0.0642. The number of amides is 2. The Morgan fingerprint density at radius 1 is 1.00 bits per heavy atom. The molecule has 2 aromatic rings. The highest BCUT2D eigenvalue weighted by molar-refractivity contribution is 6.23. The molecular formula is C22H22N2O4. The van der Waals surface area contributed by atoms with E-state index in [1.807, 2.05) is 18.2 Å². The zero-order chi connectivity index (χ0) is 19.7. The molecule has 2 aromatic carbocycles. The summed E-state index contributed by atoms with van der Waals surface area (Å²) in [6, 6.07) is 10.9. The van der Waals surface area contributed by atoms with Crippen molar-refractivity contribution >= 4 is 17.4 Å². The van der Waals surface area contributed by atoms with E-state index in [9.17, 15) is 9.59 Å². The molecular weight excluding hydrogens is 356 g/mol. The van der Waals surface area contributed by atoms with Gasteiger partial charge in [0.1, 0.15) is 0 Å². The summed E-state index contributed by atoms with van der Waals surface area (Å²) >= 11 is 0. The van der Waals surface area contributed by atoms with Gasteiger partial charge in [-0.1, -0.05) is 24.3 Å². The van der Waals surface area contributed by atoms with Gasteiger partial charge in [0.05, 0.1) is 31.9 Å². The average molecular weight is 378 g/mol. The van der Waals surface area contributed by atoms with E-state index in [1.54, 1.807) is 32.4 Å². The molecule has 4 rings (SSSR count). The smallest absolute Gasteiger partial charge is 0.262 e. The Bertz CT molecular complexity index is 980. The molecule has 1 N–H and O–H groups in total. The second kappa shape index (κ2) is 7.48. The van der Waals surface area contributed by atoms with E-state index >= 15 is 0 Å². The van der Waals surface area contributed by atoms with Crippen LogP contribution in [0.25, 0.3) is 5.57 Å². The highest BCUT2D eigenvalue weighted by Gasteiger charge is 2.37. The number of carbonyl (C=O) groups is 2. The normalized spacial score (nSPS) is 16.1. The number of imide groups is 1.